The Hall–Kier alpha value is -1.31. The first-order valence-corrected chi connectivity index (χ1v) is 4.97. The molecule has 14 heavy (non-hydrogen) atoms. The van der Waals surface area contributed by atoms with Crippen molar-refractivity contribution in [1.82, 2.24) is 9.38 Å². The van der Waals surface area contributed by atoms with Crippen molar-refractivity contribution < 1.29 is 0 Å². The van der Waals surface area contributed by atoms with Gasteiger partial charge < -0.3 is 4.40 Å². The molecule has 0 unspecified atom stereocenters. The summed E-state index contributed by atoms with van der Waals surface area (Å²) >= 11 is 0. The van der Waals surface area contributed by atoms with Crippen LogP contribution in [0.1, 0.15) is 26.5 Å². The van der Waals surface area contributed by atoms with Crippen LogP contribution in [0, 0.1) is 5.41 Å². The molecule has 0 aliphatic rings. The fourth-order valence-corrected chi connectivity index (χ4v) is 1.66. The smallest absolute Gasteiger partial charge is 0.136 e. The molecule has 0 atom stereocenters. The molecule has 0 spiro atoms. The van der Waals surface area contributed by atoms with Gasteiger partial charge in [-0.3, -0.25) is 0 Å². The Balaban J connectivity index is 2.44. The van der Waals surface area contributed by atoms with E-state index in [0.717, 1.165) is 12.1 Å². The molecule has 0 saturated heterocycles. The first-order chi connectivity index (χ1) is 6.56. The van der Waals surface area contributed by atoms with Gasteiger partial charge in [0.05, 0.1) is 0 Å². The Morgan fingerprint density at radius 3 is 2.79 bits per heavy atom. The molecule has 0 amide bonds. The highest BCUT2D eigenvalue weighted by atomic mass is 15.0. The van der Waals surface area contributed by atoms with E-state index in [-0.39, 0.29) is 0 Å². The van der Waals surface area contributed by atoms with Gasteiger partial charge in [-0.25, -0.2) is 4.98 Å². The second-order valence-corrected chi connectivity index (χ2v) is 4.92. The standard InChI is InChI=1S/C12H16N2/c1-12(2,3)8-10-9-13-11-6-4-5-7-14(10)11/h4-7,9H,8H2,1-3H3. The van der Waals surface area contributed by atoms with Crippen LogP contribution in [0.4, 0.5) is 0 Å². The molecule has 2 aromatic rings. The van der Waals surface area contributed by atoms with Gasteiger partial charge in [-0.15, -0.1) is 0 Å². The molecule has 0 bridgehead atoms. The number of nitrogens with zero attached hydrogens (tertiary/aromatic N) is 2. The van der Waals surface area contributed by atoms with E-state index in [9.17, 15) is 0 Å². The van der Waals surface area contributed by atoms with Crippen LogP contribution < -0.4 is 0 Å². The van der Waals surface area contributed by atoms with E-state index < -0.39 is 0 Å². The Morgan fingerprint density at radius 1 is 1.29 bits per heavy atom. The van der Waals surface area contributed by atoms with Crippen molar-refractivity contribution in [3.63, 3.8) is 0 Å². The molecule has 74 valence electrons. The van der Waals surface area contributed by atoms with Gasteiger partial charge in [-0.05, 0) is 24.0 Å². The van der Waals surface area contributed by atoms with Crippen molar-refractivity contribution in [2.75, 3.05) is 0 Å². The molecule has 0 N–H and O–H groups in total. The van der Waals surface area contributed by atoms with Gasteiger partial charge in [0, 0.05) is 18.1 Å². The molecular formula is C12H16N2. The highest BCUT2D eigenvalue weighted by molar-refractivity contribution is 5.39. The van der Waals surface area contributed by atoms with Crippen LogP contribution in [0.15, 0.2) is 30.6 Å². The zero-order valence-corrected chi connectivity index (χ0v) is 8.99. The number of imidazole rings is 1. The summed E-state index contributed by atoms with van der Waals surface area (Å²) in [5.41, 5.74) is 2.63. The van der Waals surface area contributed by atoms with E-state index in [1.54, 1.807) is 0 Å². The second-order valence-electron chi connectivity index (χ2n) is 4.92. The highest BCUT2D eigenvalue weighted by Gasteiger charge is 2.13. The van der Waals surface area contributed by atoms with Crippen molar-refractivity contribution in [3.05, 3.63) is 36.3 Å². The van der Waals surface area contributed by atoms with Gasteiger partial charge in [0.2, 0.25) is 0 Å². The zero-order valence-electron chi connectivity index (χ0n) is 8.99. The van der Waals surface area contributed by atoms with Crippen molar-refractivity contribution in [3.8, 4) is 0 Å². The lowest BCUT2D eigenvalue weighted by Gasteiger charge is -2.17. The molecule has 0 fully saturated rings. The molecule has 2 rings (SSSR count). The summed E-state index contributed by atoms with van der Waals surface area (Å²) in [5, 5.41) is 0. The Labute approximate surface area is 84.6 Å². The van der Waals surface area contributed by atoms with Crippen LogP contribution >= 0.6 is 0 Å². The van der Waals surface area contributed by atoms with Gasteiger partial charge >= 0.3 is 0 Å². The SMILES string of the molecule is CC(C)(C)Cc1cnc2ccccn12. The minimum Gasteiger partial charge on any atom is -0.304 e. The summed E-state index contributed by atoms with van der Waals surface area (Å²) in [7, 11) is 0. The summed E-state index contributed by atoms with van der Waals surface area (Å²) in [4.78, 5) is 4.37. The zero-order chi connectivity index (χ0) is 10.2. The molecule has 0 aromatic carbocycles. The third-order valence-corrected chi connectivity index (χ3v) is 2.21. The third kappa shape index (κ3) is 1.79. The maximum atomic E-state index is 4.37. The first kappa shape index (κ1) is 9.25. The highest BCUT2D eigenvalue weighted by Crippen LogP contribution is 2.20. The number of hydrogen-bond donors (Lipinski definition) is 0. The van der Waals surface area contributed by atoms with Gasteiger partial charge in [0.25, 0.3) is 0 Å². The molecule has 2 heteroatoms. The maximum absolute atomic E-state index is 4.37. The van der Waals surface area contributed by atoms with E-state index in [2.05, 4.69) is 36.4 Å². The van der Waals surface area contributed by atoms with Crippen molar-refractivity contribution in [2.24, 2.45) is 5.41 Å². The van der Waals surface area contributed by atoms with Crippen molar-refractivity contribution in [2.45, 2.75) is 27.2 Å². The number of pyridine rings is 1. The molecule has 0 radical (unpaired) electrons. The quantitative estimate of drug-likeness (QED) is 0.672. The normalized spacial score (nSPS) is 12.2. The fourth-order valence-electron chi connectivity index (χ4n) is 1.66. The summed E-state index contributed by atoms with van der Waals surface area (Å²) < 4.78 is 2.16. The van der Waals surface area contributed by atoms with Crippen LogP contribution in [0.25, 0.3) is 5.65 Å². The Morgan fingerprint density at radius 2 is 2.07 bits per heavy atom. The van der Waals surface area contributed by atoms with Gasteiger partial charge in [0.1, 0.15) is 5.65 Å². The fraction of sp³-hybridized carbons (Fsp3) is 0.417. The Kier molecular flexibility index (Phi) is 2.06. The summed E-state index contributed by atoms with van der Waals surface area (Å²) in [6, 6.07) is 6.09. The summed E-state index contributed by atoms with van der Waals surface area (Å²) in [6.45, 7) is 6.74. The third-order valence-electron chi connectivity index (χ3n) is 2.21. The van der Waals surface area contributed by atoms with Crippen molar-refractivity contribution in [1.29, 1.82) is 0 Å². The number of hydrogen-bond acceptors (Lipinski definition) is 1. The van der Waals surface area contributed by atoms with Gasteiger partial charge in [0.15, 0.2) is 0 Å². The number of aromatic nitrogens is 2. The summed E-state index contributed by atoms with van der Waals surface area (Å²) in [5.74, 6) is 0. The minimum absolute atomic E-state index is 0.311. The van der Waals surface area contributed by atoms with Gasteiger partial charge in [-0.1, -0.05) is 26.8 Å². The van der Waals surface area contributed by atoms with Crippen LogP contribution in [0.5, 0.6) is 0 Å². The van der Waals surface area contributed by atoms with Crippen LogP contribution in [0.3, 0.4) is 0 Å². The number of fused-ring (bicyclic) bond motifs is 1. The van der Waals surface area contributed by atoms with Gasteiger partial charge in [-0.2, -0.15) is 0 Å². The first-order valence-electron chi connectivity index (χ1n) is 4.97. The maximum Gasteiger partial charge on any atom is 0.136 e. The lowest BCUT2D eigenvalue weighted by Crippen LogP contribution is -2.10. The lowest BCUT2D eigenvalue weighted by molar-refractivity contribution is 0.405. The van der Waals surface area contributed by atoms with E-state index in [0.29, 0.717) is 5.41 Å². The predicted molar refractivity (Wildman–Crippen MR) is 58.4 cm³/mol. The molecule has 0 saturated carbocycles. The molecule has 0 aliphatic heterocycles. The number of rotatable bonds is 1. The molecule has 2 heterocycles. The monoisotopic (exact) mass is 188 g/mol. The second kappa shape index (κ2) is 3.12. The average molecular weight is 188 g/mol. The Bertz CT molecular complexity index is 435. The van der Waals surface area contributed by atoms with E-state index in [1.807, 2.05) is 24.4 Å². The molecule has 2 nitrogen and oxygen atoms in total. The summed E-state index contributed by atoms with van der Waals surface area (Å²) in [6.07, 6.45) is 5.10. The molecule has 2 aromatic heterocycles. The van der Waals surface area contributed by atoms with Crippen LogP contribution in [-0.4, -0.2) is 9.38 Å². The van der Waals surface area contributed by atoms with Crippen LogP contribution in [-0.2, 0) is 6.42 Å². The van der Waals surface area contributed by atoms with E-state index in [1.165, 1.54) is 5.69 Å². The predicted octanol–water partition coefficient (Wildman–Crippen LogP) is 2.92. The van der Waals surface area contributed by atoms with E-state index in [4.69, 9.17) is 0 Å². The topological polar surface area (TPSA) is 17.3 Å². The lowest BCUT2D eigenvalue weighted by atomic mass is 9.91. The van der Waals surface area contributed by atoms with Crippen LogP contribution in [0.2, 0.25) is 0 Å². The minimum atomic E-state index is 0.311. The molecular weight excluding hydrogens is 172 g/mol. The largest absolute Gasteiger partial charge is 0.304 e. The molecule has 0 aliphatic carbocycles. The van der Waals surface area contributed by atoms with E-state index >= 15 is 0 Å². The van der Waals surface area contributed by atoms with Crippen molar-refractivity contribution >= 4 is 5.65 Å². The average Bonchev–Trinajstić information content (AvgIpc) is 2.47.